The molecule has 0 fully saturated rings. The predicted octanol–water partition coefficient (Wildman–Crippen LogP) is 6.55. The van der Waals surface area contributed by atoms with Crippen molar-refractivity contribution in [1.82, 2.24) is 15.1 Å². The first kappa shape index (κ1) is 33.2. The third kappa shape index (κ3) is 8.48. The van der Waals surface area contributed by atoms with Gasteiger partial charge in [0.25, 0.3) is 5.91 Å². The van der Waals surface area contributed by atoms with E-state index in [0.29, 0.717) is 29.8 Å². The van der Waals surface area contributed by atoms with Crippen LogP contribution in [0.4, 0.5) is 17.6 Å². The normalized spacial score (nSPS) is 12.2. The zero-order chi connectivity index (χ0) is 32.9. The van der Waals surface area contributed by atoms with Gasteiger partial charge in [-0.3, -0.25) is 9.59 Å². The van der Waals surface area contributed by atoms with Crippen LogP contribution in [0.25, 0.3) is 22.3 Å². The second-order valence-electron chi connectivity index (χ2n) is 11.3. The number of phenols is 1. The molecule has 4 aromatic carbocycles. The summed E-state index contributed by atoms with van der Waals surface area (Å²) in [6.07, 6.45) is -4.33. The number of carbonyl (C=O) groups excluding carboxylic acids is 2. The number of nitrogens with one attached hydrogen (secondary N) is 1. The number of halogens is 4. The van der Waals surface area contributed by atoms with Crippen LogP contribution in [-0.2, 0) is 17.4 Å². The van der Waals surface area contributed by atoms with Crippen LogP contribution < -0.4 is 5.32 Å². The summed E-state index contributed by atoms with van der Waals surface area (Å²) in [6, 6.07) is 19.9. The third-order valence-corrected chi connectivity index (χ3v) is 7.53. The second kappa shape index (κ2) is 13.9. The molecule has 0 saturated carbocycles. The van der Waals surface area contributed by atoms with E-state index in [1.54, 1.807) is 26.1 Å². The lowest BCUT2D eigenvalue weighted by Gasteiger charge is -2.26. The molecule has 45 heavy (non-hydrogen) atoms. The van der Waals surface area contributed by atoms with Gasteiger partial charge < -0.3 is 20.2 Å². The van der Waals surface area contributed by atoms with Crippen LogP contribution in [0.1, 0.15) is 27.0 Å². The SMILES string of the molecule is Cc1cc(-c2ccc(CC(NC(=O)c3cc(-c4ccc(C(F)(F)F)cc4)ccc3O)C(=O)N(C)CCN(C)C)cc2)ccc1F. The lowest BCUT2D eigenvalue weighted by molar-refractivity contribution is -0.137. The van der Waals surface area contributed by atoms with Gasteiger partial charge in [0.15, 0.2) is 0 Å². The van der Waals surface area contributed by atoms with Crippen LogP contribution in [0, 0.1) is 12.7 Å². The van der Waals surface area contributed by atoms with Gasteiger partial charge in [-0.25, -0.2) is 4.39 Å². The van der Waals surface area contributed by atoms with Gasteiger partial charge in [-0.2, -0.15) is 13.2 Å². The van der Waals surface area contributed by atoms with Crippen molar-refractivity contribution < 1.29 is 32.3 Å². The Balaban J connectivity index is 1.59. The van der Waals surface area contributed by atoms with E-state index >= 15 is 0 Å². The molecule has 0 radical (unpaired) electrons. The standard InChI is InChI=1S/C35H35F4N3O3/c1-22-19-26(11-15-30(22)36)24-7-5-23(6-8-24)20-31(34(45)42(4)18-17-41(2)3)40-33(44)29-21-27(12-16-32(29)43)25-9-13-28(14-10-25)35(37,38)39/h5-16,19,21,31,43H,17-18,20H2,1-4H3,(H,40,44). The molecule has 236 valence electrons. The zero-order valence-corrected chi connectivity index (χ0v) is 25.5. The zero-order valence-electron chi connectivity index (χ0n) is 25.5. The number of rotatable bonds is 10. The Labute approximate surface area is 259 Å². The predicted molar refractivity (Wildman–Crippen MR) is 166 cm³/mol. The minimum absolute atomic E-state index is 0.122. The van der Waals surface area contributed by atoms with E-state index < -0.39 is 23.7 Å². The highest BCUT2D eigenvalue weighted by atomic mass is 19.4. The number of alkyl halides is 3. The maximum atomic E-state index is 13.7. The molecule has 4 rings (SSSR count). The molecule has 6 nitrogen and oxygen atoms in total. The number of aromatic hydroxyl groups is 1. The number of nitrogens with zero attached hydrogens (tertiary/aromatic N) is 2. The van der Waals surface area contributed by atoms with Crippen LogP contribution >= 0.6 is 0 Å². The van der Waals surface area contributed by atoms with Gasteiger partial charge in [-0.05, 0) is 90.8 Å². The lowest BCUT2D eigenvalue weighted by atomic mass is 9.98. The van der Waals surface area contributed by atoms with Crippen molar-refractivity contribution in [2.24, 2.45) is 0 Å². The molecule has 0 aliphatic heterocycles. The van der Waals surface area contributed by atoms with E-state index in [0.717, 1.165) is 28.8 Å². The monoisotopic (exact) mass is 621 g/mol. The van der Waals surface area contributed by atoms with Crippen LogP contribution in [0.3, 0.4) is 0 Å². The molecule has 2 amide bonds. The Morgan fingerprint density at radius 3 is 1.93 bits per heavy atom. The van der Waals surface area contributed by atoms with E-state index in [1.807, 2.05) is 43.3 Å². The maximum Gasteiger partial charge on any atom is 0.416 e. The molecular weight excluding hydrogens is 586 g/mol. The Hall–Kier alpha value is -4.70. The van der Waals surface area contributed by atoms with Gasteiger partial charge in [0.1, 0.15) is 17.6 Å². The Morgan fingerprint density at radius 2 is 1.36 bits per heavy atom. The quantitative estimate of drug-likeness (QED) is 0.197. The number of likely N-dealkylation sites (N-methyl/N-ethyl adjacent to an activating group) is 2. The molecule has 0 aliphatic carbocycles. The third-order valence-electron chi connectivity index (χ3n) is 7.53. The van der Waals surface area contributed by atoms with E-state index in [2.05, 4.69) is 5.32 Å². The summed E-state index contributed by atoms with van der Waals surface area (Å²) in [6.45, 7) is 2.70. The van der Waals surface area contributed by atoms with E-state index in [4.69, 9.17) is 0 Å². The smallest absolute Gasteiger partial charge is 0.416 e. The fourth-order valence-electron chi connectivity index (χ4n) is 4.80. The van der Waals surface area contributed by atoms with Crippen LogP contribution in [0.2, 0.25) is 0 Å². The van der Waals surface area contributed by atoms with E-state index in [1.165, 1.54) is 41.3 Å². The topological polar surface area (TPSA) is 72.9 Å². The van der Waals surface area contributed by atoms with Gasteiger partial charge in [-0.15, -0.1) is 0 Å². The molecule has 2 N–H and O–H groups in total. The molecular formula is C35H35F4N3O3. The fraction of sp³-hybridized carbons (Fsp3) is 0.257. The second-order valence-corrected chi connectivity index (χ2v) is 11.3. The molecule has 10 heteroatoms. The number of hydrogen-bond donors (Lipinski definition) is 2. The van der Waals surface area contributed by atoms with Crippen molar-refractivity contribution in [3.05, 3.63) is 113 Å². The van der Waals surface area contributed by atoms with Gasteiger partial charge in [0, 0.05) is 26.6 Å². The Kier molecular flexibility index (Phi) is 10.3. The summed E-state index contributed by atoms with van der Waals surface area (Å²) in [5.74, 6) is -1.67. The van der Waals surface area contributed by atoms with Crippen molar-refractivity contribution in [2.45, 2.75) is 25.6 Å². The fourth-order valence-corrected chi connectivity index (χ4v) is 4.80. The van der Waals surface area contributed by atoms with Crippen LogP contribution in [0.15, 0.2) is 84.9 Å². The summed E-state index contributed by atoms with van der Waals surface area (Å²) in [4.78, 5) is 30.5. The minimum atomic E-state index is -4.49. The number of phenolic OH excluding ortho intramolecular Hbond substituents is 1. The molecule has 0 heterocycles. The molecule has 0 bridgehead atoms. The van der Waals surface area contributed by atoms with Crippen molar-refractivity contribution in [3.63, 3.8) is 0 Å². The highest BCUT2D eigenvalue weighted by molar-refractivity contribution is 6.00. The number of aryl methyl sites for hydroxylation is 1. The number of benzene rings is 4. The van der Waals surface area contributed by atoms with Crippen LogP contribution in [0.5, 0.6) is 5.75 Å². The first-order valence-electron chi connectivity index (χ1n) is 14.3. The summed E-state index contributed by atoms with van der Waals surface area (Å²) in [5, 5.41) is 13.3. The Morgan fingerprint density at radius 1 is 0.800 bits per heavy atom. The molecule has 4 aromatic rings. The highest BCUT2D eigenvalue weighted by Gasteiger charge is 2.30. The summed E-state index contributed by atoms with van der Waals surface area (Å²) >= 11 is 0. The van der Waals surface area contributed by atoms with Gasteiger partial charge in [-0.1, -0.05) is 48.5 Å². The molecule has 1 atom stereocenters. The first-order valence-corrected chi connectivity index (χ1v) is 14.3. The van der Waals surface area contributed by atoms with Crippen LogP contribution in [-0.4, -0.2) is 67.0 Å². The first-order chi connectivity index (χ1) is 21.2. The van der Waals surface area contributed by atoms with Gasteiger partial charge in [0.05, 0.1) is 11.1 Å². The molecule has 0 spiro atoms. The van der Waals surface area contributed by atoms with Gasteiger partial charge in [0.2, 0.25) is 5.91 Å². The van der Waals surface area contributed by atoms with Crippen molar-refractivity contribution in [3.8, 4) is 28.0 Å². The molecule has 1 unspecified atom stereocenters. The number of amides is 2. The lowest BCUT2D eigenvalue weighted by Crippen LogP contribution is -2.49. The maximum absolute atomic E-state index is 13.7. The summed E-state index contributed by atoms with van der Waals surface area (Å²) in [7, 11) is 5.41. The van der Waals surface area contributed by atoms with Crippen molar-refractivity contribution in [1.29, 1.82) is 0 Å². The average Bonchev–Trinajstić information content (AvgIpc) is 3.00. The molecule has 0 saturated heterocycles. The van der Waals surface area contributed by atoms with Gasteiger partial charge >= 0.3 is 6.18 Å². The largest absolute Gasteiger partial charge is 0.507 e. The van der Waals surface area contributed by atoms with Crippen molar-refractivity contribution in [2.75, 3.05) is 34.2 Å². The minimum Gasteiger partial charge on any atom is -0.507 e. The highest BCUT2D eigenvalue weighted by Crippen LogP contribution is 2.32. The summed E-state index contributed by atoms with van der Waals surface area (Å²) < 4.78 is 52.8. The molecule has 0 aliphatic rings. The average molecular weight is 622 g/mol. The number of hydrogen-bond acceptors (Lipinski definition) is 4. The van der Waals surface area contributed by atoms with E-state index in [-0.39, 0.29) is 29.5 Å². The summed E-state index contributed by atoms with van der Waals surface area (Å²) in [5.41, 5.74) is 2.91. The number of carbonyl (C=O) groups is 2. The van der Waals surface area contributed by atoms with Crippen molar-refractivity contribution >= 4 is 11.8 Å². The van der Waals surface area contributed by atoms with E-state index in [9.17, 15) is 32.3 Å². The Bertz CT molecular complexity index is 1650. The molecule has 0 aromatic heterocycles.